The zero-order valence-electron chi connectivity index (χ0n) is 23.9. The number of phosphoric ester groups is 1. The van der Waals surface area contributed by atoms with Crippen LogP contribution in [-0.4, -0.2) is 73.4 Å². The first-order chi connectivity index (χ1) is 17.5. The van der Waals surface area contributed by atoms with Gasteiger partial charge in [0.15, 0.2) is 0 Å². The molecular weight excluding hydrogens is 491 g/mol. The maximum Gasteiger partial charge on any atom is 0.472 e. The third-order valence-corrected chi connectivity index (χ3v) is 6.56. The van der Waals surface area contributed by atoms with E-state index in [1.54, 1.807) is 6.08 Å². The van der Waals surface area contributed by atoms with Crippen molar-refractivity contribution < 1.29 is 32.9 Å². The molecule has 3 atom stereocenters. The van der Waals surface area contributed by atoms with E-state index in [9.17, 15) is 19.4 Å². The summed E-state index contributed by atoms with van der Waals surface area (Å²) in [6.45, 7) is 4.52. The summed E-state index contributed by atoms with van der Waals surface area (Å²) in [6.07, 6.45) is 21.2. The molecule has 216 valence electrons. The highest BCUT2D eigenvalue weighted by Crippen LogP contribution is 2.43. The maximum absolute atomic E-state index is 12.4. The molecule has 0 aliphatic carbocycles. The summed E-state index contributed by atoms with van der Waals surface area (Å²) < 4.78 is 23.1. The molecule has 0 aliphatic heterocycles. The molecule has 0 aromatic heterocycles. The number of carbonyl (C=O) groups is 1. The molecule has 1 amide bonds. The van der Waals surface area contributed by atoms with Gasteiger partial charge in [-0.25, -0.2) is 4.57 Å². The molecule has 0 aliphatic rings. The van der Waals surface area contributed by atoms with E-state index < -0.39 is 20.0 Å². The molecule has 3 unspecified atom stereocenters. The van der Waals surface area contributed by atoms with E-state index in [1.165, 1.54) is 6.42 Å². The summed E-state index contributed by atoms with van der Waals surface area (Å²) in [5.74, 6) is -0.216. The predicted octanol–water partition coefficient (Wildman–Crippen LogP) is 5.67. The van der Waals surface area contributed by atoms with Gasteiger partial charge in [-0.05, 0) is 38.5 Å². The van der Waals surface area contributed by atoms with Crippen LogP contribution in [-0.2, 0) is 18.4 Å². The van der Waals surface area contributed by atoms with Crippen molar-refractivity contribution in [2.24, 2.45) is 0 Å². The van der Waals surface area contributed by atoms with Gasteiger partial charge in [-0.15, -0.1) is 0 Å². The van der Waals surface area contributed by atoms with E-state index in [4.69, 9.17) is 9.05 Å². The van der Waals surface area contributed by atoms with Gasteiger partial charge in [0.2, 0.25) is 5.91 Å². The first-order valence-electron chi connectivity index (χ1n) is 13.9. The lowest BCUT2D eigenvalue weighted by Crippen LogP contribution is -2.45. The number of carbonyl (C=O) groups excluding carboxylic acids is 1. The van der Waals surface area contributed by atoms with Crippen molar-refractivity contribution in [2.75, 3.05) is 40.9 Å². The van der Waals surface area contributed by atoms with Crippen molar-refractivity contribution in [1.29, 1.82) is 0 Å². The van der Waals surface area contributed by atoms with E-state index >= 15 is 0 Å². The van der Waals surface area contributed by atoms with Gasteiger partial charge in [0.05, 0.1) is 39.9 Å². The largest absolute Gasteiger partial charge is 0.472 e. The lowest BCUT2D eigenvalue weighted by molar-refractivity contribution is -0.870. The molecule has 9 heteroatoms. The van der Waals surface area contributed by atoms with E-state index in [0.717, 1.165) is 57.8 Å². The summed E-state index contributed by atoms with van der Waals surface area (Å²) in [7, 11) is 1.53. The molecule has 0 saturated heterocycles. The Bertz CT molecular complexity index is 718. The molecule has 0 fully saturated rings. The molecule has 0 bridgehead atoms. The number of aliphatic hydroxyl groups excluding tert-OH is 1. The number of likely N-dealkylation sites (N-methyl/N-ethyl adjacent to an activating group) is 1. The summed E-state index contributed by atoms with van der Waals surface area (Å²) in [5.41, 5.74) is 0. The standard InChI is InChI=1S/C28H53N2O6P/c1-6-8-10-12-13-14-15-16-17-18-19-21-27(31)26(29-28(32)22-20-11-9-7-2)25-36-37(33,34)35-24-23-30(3,4)5/h10,12,15-16,19,21,26-27,31H,6-9,11,13-14,17-18,20,22-25H2,1-5H3,(H-,29,32,33,34)/p+1/b12-10+,16-15+,21-19+. The summed E-state index contributed by atoms with van der Waals surface area (Å²) in [5, 5.41) is 13.4. The van der Waals surface area contributed by atoms with Gasteiger partial charge >= 0.3 is 7.82 Å². The Morgan fingerprint density at radius 2 is 1.49 bits per heavy atom. The van der Waals surface area contributed by atoms with E-state index in [1.807, 2.05) is 27.2 Å². The monoisotopic (exact) mass is 545 g/mol. The minimum absolute atomic E-state index is 0.0523. The van der Waals surface area contributed by atoms with Gasteiger partial charge < -0.3 is 19.8 Å². The number of hydrogen-bond acceptors (Lipinski definition) is 5. The molecule has 3 N–H and O–H groups in total. The quantitative estimate of drug-likeness (QED) is 0.0661. The van der Waals surface area contributed by atoms with Gasteiger partial charge in [-0.3, -0.25) is 13.8 Å². The zero-order chi connectivity index (χ0) is 28.0. The Labute approximate surface area is 226 Å². The van der Waals surface area contributed by atoms with Gasteiger partial charge in [0.25, 0.3) is 0 Å². The topological polar surface area (TPSA) is 105 Å². The van der Waals surface area contributed by atoms with Gasteiger partial charge in [0.1, 0.15) is 13.2 Å². The number of nitrogens with one attached hydrogen (secondary N) is 1. The number of phosphoric acid groups is 1. The highest BCUT2D eigenvalue weighted by molar-refractivity contribution is 7.47. The number of nitrogens with zero attached hydrogens (tertiary/aromatic N) is 1. The predicted molar refractivity (Wildman–Crippen MR) is 152 cm³/mol. The highest BCUT2D eigenvalue weighted by Gasteiger charge is 2.27. The van der Waals surface area contributed by atoms with Crippen molar-refractivity contribution in [1.82, 2.24) is 5.32 Å². The molecular formula is C28H54N2O6P+. The Morgan fingerprint density at radius 3 is 2.05 bits per heavy atom. The average Bonchev–Trinajstić information content (AvgIpc) is 2.81. The number of unbranched alkanes of at least 4 members (excludes halogenated alkanes) is 6. The Kier molecular flexibility index (Phi) is 20.9. The summed E-state index contributed by atoms with van der Waals surface area (Å²) in [4.78, 5) is 22.4. The van der Waals surface area contributed by atoms with E-state index in [-0.39, 0.29) is 19.1 Å². The average molecular weight is 546 g/mol. The third-order valence-electron chi connectivity index (χ3n) is 5.57. The molecule has 0 heterocycles. The van der Waals surface area contributed by atoms with Crippen molar-refractivity contribution in [3.8, 4) is 0 Å². The van der Waals surface area contributed by atoms with Crippen LogP contribution >= 0.6 is 7.82 Å². The number of rotatable bonds is 23. The summed E-state index contributed by atoms with van der Waals surface area (Å²) >= 11 is 0. The fourth-order valence-corrected chi connectivity index (χ4v) is 3.99. The molecule has 0 radical (unpaired) electrons. The Morgan fingerprint density at radius 1 is 0.892 bits per heavy atom. The Balaban J connectivity index is 4.77. The van der Waals surface area contributed by atoms with E-state index in [0.29, 0.717) is 17.4 Å². The lowest BCUT2D eigenvalue weighted by Gasteiger charge is -2.25. The number of hydrogen-bond donors (Lipinski definition) is 3. The van der Waals surface area contributed by atoms with Crippen LogP contribution < -0.4 is 5.32 Å². The van der Waals surface area contributed by atoms with Crippen molar-refractivity contribution >= 4 is 13.7 Å². The van der Waals surface area contributed by atoms with Crippen LogP contribution in [0.2, 0.25) is 0 Å². The van der Waals surface area contributed by atoms with Crippen LogP contribution in [0.4, 0.5) is 0 Å². The lowest BCUT2D eigenvalue weighted by atomic mass is 10.1. The summed E-state index contributed by atoms with van der Waals surface area (Å²) in [6, 6.07) is -0.858. The maximum atomic E-state index is 12.4. The second-order valence-corrected chi connectivity index (χ2v) is 11.9. The second kappa shape index (κ2) is 21.6. The molecule has 8 nitrogen and oxygen atoms in total. The molecule has 0 spiro atoms. The highest BCUT2D eigenvalue weighted by atomic mass is 31.2. The molecule has 0 aromatic carbocycles. The smallest absolute Gasteiger partial charge is 0.387 e. The Hall–Kier alpha value is -1.28. The van der Waals surface area contributed by atoms with Crippen LogP contribution in [0.5, 0.6) is 0 Å². The number of allylic oxidation sites excluding steroid dienone is 5. The van der Waals surface area contributed by atoms with Crippen molar-refractivity contribution in [3.63, 3.8) is 0 Å². The van der Waals surface area contributed by atoms with Gasteiger partial charge in [-0.1, -0.05) is 76.0 Å². The molecule has 0 aromatic rings. The van der Waals surface area contributed by atoms with E-state index in [2.05, 4.69) is 43.5 Å². The SMILES string of the molecule is CCC/C=C/CC/C=C/CC/C=C/C(O)C(COP(=O)(O)OCC[N+](C)(C)C)NC(=O)CCCCCC. The number of quaternary nitrogens is 1. The van der Waals surface area contributed by atoms with Crippen LogP contribution in [0.25, 0.3) is 0 Å². The first kappa shape index (κ1) is 35.7. The normalized spacial score (nSPS) is 16.0. The number of amides is 1. The fraction of sp³-hybridized carbons (Fsp3) is 0.750. The fourth-order valence-electron chi connectivity index (χ4n) is 3.25. The van der Waals surface area contributed by atoms with Crippen LogP contribution in [0.3, 0.4) is 0 Å². The van der Waals surface area contributed by atoms with Gasteiger partial charge in [-0.2, -0.15) is 0 Å². The van der Waals surface area contributed by atoms with Gasteiger partial charge in [0, 0.05) is 6.42 Å². The molecule has 37 heavy (non-hydrogen) atoms. The zero-order valence-corrected chi connectivity index (χ0v) is 24.8. The van der Waals surface area contributed by atoms with Crippen LogP contribution in [0.1, 0.15) is 84.5 Å². The first-order valence-corrected chi connectivity index (χ1v) is 15.4. The third kappa shape index (κ3) is 23.6. The number of aliphatic hydroxyl groups is 1. The van der Waals surface area contributed by atoms with Crippen LogP contribution in [0.15, 0.2) is 36.5 Å². The minimum Gasteiger partial charge on any atom is -0.387 e. The van der Waals surface area contributed by atoms with Crippen LogP contribution in [0, 0.1) is 0 Å². The minimum atomic E-state index is -4.31. The second-order valence-electron chi connectivity index (χ2n) is 10.4. The molecule has 0 rings (SSSR count). The van der Waals surface area contributed by atoms with Crippen molar-refractivity contribution in [3.05, 3.63) is 36.5 Å². The molecule has 0 saturated carbocycles. The van der Waals surface area contributed by atoms with Crippen molar-refractivity contribution in [2.45, 2.75) is 96.6 Å².